The van der Waals surface area contributed by atoms with Crippen LogP contribution < -0.4 is 4.90 Å². The van der Waals surface area contributed by atoms with Crippen molar-refractivity contribution in [2.24, 2.45) is 0 Å². The molecule has 0 bridgehead atoms. The largest absolute Gasteiger partial charge is 0.463 e. The van der Waals surface area contributed by atoms with Crippen LogP contribution in [-0.4, -0.2) is 66.9 Å². The van der Waals surface area contributed by atoms with E-state index in [0.717, 1.165) is 49.7 Å². The SMILES string of the molecule is CC(=O)OC[C@H]1CN(C2CCN(c3ccccn3)CC2)[C@@H](Cc2ccc(Cl)cc2)CO1. The maximum Gasteiger partial charge on any atom is 0.302 e. The van der Waals surface area contributed by atoms with Crippen LogP contribution in [-0.2, 0) is 20.7 Å². The summed E-state index contributed by atoms with van der Waals surface area (Å²) < 4.78 is 11.3. The molecule has 0 N–H and O–H groups in total. The van der Waals surface area contributed by atoms with E-state index in [4.69, 9.17) is 21.1 Å². The molecule has 6 nitrogen and oxygen atoms in total. The highest BCUT2D eigenvalue weighted by atomic mass is 35.5. The van der Waals surface area contributed by atoms with Crippen molar-refractivity contribution >= 4 is 23.4 Å². The summed E-state index contributed by atoms with van der Waals surface area (Å²) in [5, 5.41) is 0.754. The van der Waals surface area contributed by atoms with Crippen LogP contribution in [0.5, 0.6) is 0 Å². The second-order valence-electron chi connectivity index (χ2n) is 8.35. The third-order valence-corrected chi connectivity index (χ3v) is 6.42. The number of carbonyl (C=O) groups excluding carboxylic acids is 1. The van der Waals surface area contributed by atoms with Gasteiger partial charge in [0.1, 0.15) is 18.5 Å². The van der Waals surface area contributed by atoms with Crippen molar-refractivity contribution < 1.29 is 14.3 Å². The molecule has 0 unspecified atom stereocenters. The lowest BCUT2D eigenvalue weighted by atomic mass is 9.96. The lowest BCUT2D eigenvalue weighted by molar-refractivity contribution is -0.151. The fourth-order valence-electron chi connectivity index (χ4n) is 4.57. The van der Waals surface area contributed by atoms with E-state index in [9.17, 15) is 4.79 Å². The van der Waals surface area contributed by atoms with Gasteiger partial charge < -0.3 is 14.4 Å². The fraction of sp³-hybridized carbons (Fsp3) is 0.500. The van der Waals surface area contributed by atoms with Crippen LogP contribution in [0.1, 0.15) is 25.3 Å². The number of piperidine rings is 1. The van der Waals surface area contributed by atoms with Crippen LogP contribution in [0.3, 0.4) is 0 Å². The van der Waals surface area contributed by atoms with Gasteiger partial charge in [-0.15, -0.1) is 0 Å². The highest BCUT2D eigenvalue weighted by Gasteiger charge is 2.36. The molecule has 0 radical (unpaired) electrons. The number of aromatic nitrogens is 1. The first-order valence-corrected chi connectivity index (χ1v) is 11.4. The Morgan fingerprint density at radius 2 is 1.97 bits per heavy atom. The first kappa shape index (κ1) is 22.1. The molecule has 31 heavy (non-hydrogen) atoms. The summed E-state index contributed by atoms with van der Waals surface area (Å²) in [6.45, 7) is 5.14. The van der Waals surface area contributed by atoms with Gasteiger partial charge in [0.25, 0.3) is 0 Å². The van der Waals surface area contributed by atoms with Crippen LogP contribution in [0.25, 0.3) is 0 Å². The number of nitrogens with zero attached hydrogens (tertiary/aromatic N) is 3. The van der Waals surface area contributed by atoms with Gasteiger partial charge in [-0.3, -0.25) is 9.69 Å². The monoisotopic (exact) mass is 443 g/mol. The molecule has 1 aromatic heterocycles. The summed E-state index contributed by atoms with van der Waals surface area (Å²) in [5.74, 6) is 0.787. The Bertz CT molecular complexity index is 841. The summed E-state index contributed by atoms with van der Waals surface area (Å²) in [6, 6.07) is 14.9. The molecule has 3 heterocycles. The molecular weight excluding hydrogens is 414 g/mol. The third kappa shape index (κ3) is 5.97. The molecular formula is C24H30ClN3O3. The summed E-state index contributed by atoms with van der Waals surface area (Å²) in [5.41, 5.74) is 1.26. The molecule has 4 rings (SSSR count). The van der Waals surface area contributed by atoms with Crippen molar-refractivity contribution in [1.82, 2.24) is 9.88 Å². The van der Waals surface area contributed by atoms with Gasteiger partial charge in [-0.05, 0) is 49.1 Å². The van der Waals surface area contributed by atoms with Gasteiger partial charge in [0.2, 0.25) is 0 Å². The highest BCUT2D eigenvalue weighted by Crippen LogP contribution is 2.27. The number of carbonyl (C=O) groups is 1. The Hall–Kier alpha value is -2.15. The van der Waals surface area contributed by atoms with Crippen molar-refractivity contribution in [1.29, 1.82) is 0 Å². The fourth-order valence-corrected chi connectivity index (χ4v) is 4.70. The van der Waals surface area contributed by atoms with Crippen LogP contribution in [0.2, 0.25) is 5.02 Å². The third-order valence-electron chi connectivity index (χ3n) is 6.17. The Morgan fingerprint density at radius 3 is 2.65 bits per heavy atom. The van der Waals surface area contributed by atoms with E-state index in [-0.39, 0.29) is 12.1 Å². The number of halogens is 1. The average molecular weight is 444 g/mol. The number of esters is 1. The van der Waals surface area contributed by atoms with Crippen LogP contribution in [0, 0.1) is 0 Å². The molecule has 1 aromatic carbocycles. The van der Waals surface area contributed by atoms with Crippen LogP contribution in [0.4, 0.5) is 5.82 Å². The number of anilines is 1. The van der Waals surface area contributed by atoms with Crippen molar-refractivity contribution in [2.75, 3.05) is 37.7 Å². The molecule has 0 amide bonds. The summed E-state index contributed by atoms with van der Waals surface area (Å²) >= 11 is 6.06. The maximum absolute atomic E-state index is 11.3. The van der Waals surface area contributed by atoms with Crippen molar-refractivity contribution in [3.05, 3.63) is 59.2 Å². The van der Waals surface area contributed by atoms with Crippen LogP contribution in [0.15, 0.2) is 48.7 Å². The minimum atomic E-state index is -0.262. The second-order valence-corrected chi connectivity index (χ2v) is 8.78. The van der Waals surface area contributed by atoms with E-state index in [2.05, 4.69) is 33.0 Å². The van der Waals surface area contributed by atoms with Gasteiger partial charge in [0.15, 0.2) is 0 Å². The van der Waals surface area contributed by atoms with Crippen molar-refractivity contribution in [2.45, 2.75) is 44.4 Å². The number of benzene rings is 1. The highest BCUT2D eigenvalue weighted by molar-refractivity contribution is 6.30. The van der Waals surface area contributed by atoms with E-state index in [0.29, 0.717) is 25.3 Å². The molecule has 0 aliphatic carbocycles. The molecule has 0 saturated carbocycles. The zero-order valence-electron chi connectivity index (χ0n) is 18.0. The number of pyridine rings is 1. The Labute approximate surface area is 189 Å². The van der Waals surface area contributed by atoms with E-state index in [1.807, 2.05) is 30.5 Å². The van der Waals surface area contributed by atoms with Gasteiger partial charge in [-0.1, -0.05) is 29.8 Å². The molecule has 2 aliphatic heterocycles. The predicted octanol–water partition coefficient (Wildman–Crippen LogP) is 3.58. The van der Waals surface area contributed by atoms with Crippen LogP contribution >= 0.6 is 11.6 Å². The minimum Gasteiger partial charge on any atom is -0.463 e. The Kier molecular flexibility index (Phi) is 7.43. The quantitative estimate of drug-likeness (QED) is 0.636. The van der Waals surface area contributed by atoms with Gasteiger partial charge in [0.05, 0.1) is 6.61 Å². The molecule has 2 saturated heterocycles. The second kappa shape index (κ2) is 10.4. The normalized spacial score (nSPS) is 23.0. The summed E-state index contributed by atoms with van der Waals surface area (Å²) in [4.78, 5) is 20.7. The van der Waals surface area contributed by atoms with Crippen molar-refractivity contribution in [3.8, 4) is 0 Å². The van der Waals surface area contributed by atoms with Gasteiger partial charge in [-0.25, -0.2) is 4.98 Å². The smallest absolute Gasteiger partial charge is 0.302 e. The summed E-state index contributed by atoms with van der Waals surface area (Å²) in [7, 11) is 0. The first-order valence-electron chi connectivity index (χ1n) is 11.0. The van der Waals surface area contributed by atoms with Gasteiger partial charge in [-0.2, -0.15) is 0 Å². The Morgan fingerprint density at radius 1 is 1.19 bits per heavy atom. The standard InChI is InChI=1S/C24H30ClN3O3/c1-18(29)30-17-23-15-28(22(16-31-23)14-19-5-7-20(25)8-6-19)21-9-12-27(13-10-21)24-4-2-3-11-26-24/h2-8,11,21-23H,9-10,12-17H2,1H3/t22-,23+/m0/s1. The number of hydrogen-bond donors (Lipinski definition) is 0. The topological polar surface area (TPSA) is 54.9 Å². The zero-order valence-corrected chi connectivity index (χ0v) is 18.7. The maximum atomic E-state index is 11.3. The van der Waals surface area contributed by atoms with Crippen molar-refractivity contribution in [3.63, 3.8) is 0 Å². The van der Waals surface area contributed by atoms with Gasteiger partial charge in [0, 0.05) is 49.9 Å². The van der Waals surface area contributed by atoms with E-state index in [1.165, 1.54) is 12.5 Å². The molecule has 2 aliphatic rings. The Balaban J connectivity index is 1.42. The molecule has 0 spiro atoms. The molecule has 2 aromatic rings. The lowest BCUT2D eigenvalue weighted by Crippen LogP contribution is -2.58. The lowest BCUT2D eigenvalue weighted by Gasteiger charge is -2.46. The zero-order chi connectivity index (χ0) is 21.6. The number of hydrogen-bond acceptors (Lipinski definition) is 6. The number of ether oxygens (including phenoxy) is 2. The molecule has 166 valence electrons. The average Bonchev–Trinajstić information content (AvgIpc) is 2.80. The molecule has 2 atom stereocenters. The predicted molar refractivity (Wildman–Crippen MR) is 121 cm³/mol. The number of rotatable bonds is 6. The summed E-state index contributed by atoms with van der Waals surface area (Å²) in [6.07, 6.45) is 4.84. The van der Waals surface area contributed by atoms with E-state index in [1.54, 1.807) is 0 Å². The van der Waals surface area contributed by atoms with E-state index >= 15 is 0 Å². The van der Waals surface area contributed by atoms with Gasteiger partial charge >= 0.3 is 5.97 Å². The minimum absolute atomic E-state index is 0.0841. The molecule has 7 heteroatoms. The van der Waals surface area contributed by atoms with E-state index < -0.39 is 0 Å². The first-order chi connectivity index (χ1) is 15.1. The molecule has 2 fully saturated rings. The number of morpholine rings is 1.